The summed E-state index contributed by atoms with van der Waals surface area (Å²) in [5, 5.41) is 4.18. The summed E-state index contributed by atoms with van der Waals surface area (Å²) in [4.78, 5) is 28.6. The lowest BCUT2D eigenvalue weighted by Gasteiger charge is -2.27. The van der Waals surface area contributed by atoms with Crippen LogP contribution in [0.3, 0.4) is 0 Å². The zero-order valence-electron chi connectivity index (χ0n) is 12.9. The summed E-state index contributed by atoms with van der Waals surface area (Å²) in [6.45, 7) is 2.44. The van der Waals surface area contributed by atoms with Crippen LogP contribution in [0.15, 0.2) is 16.8 Å². The van der Waals surface area contributed by atoms with Gasteiger partial charge >= 0.3 is 0 Å². The Labute approximate surface area is 134 Å². The van der Waals surface area contributed by atoms with Crippen molar-refractivity contribution >= 4 is 23.2 Å². The van der Waals surface area contributed by atoms with E-state index in [0.717, 1.165) is 19.4 Å². The molecule has 2 aliphatic heterocycles. The number of ether oxygens (including phenoxy) is 1. The van der Waals surface area contributed by atoms with Crippen LogP contribution in [-0.4, -0.2) is 55.0 Å². The summed E-state index contributed by atoms with van der Waals surface area (Å²) < 4.78 is 5.03. The molecule has 1 aromatic rings. The van der Waals surface area contributed by atoms with Gasteiger partial charge in [0.2, 0.25) is 11.8 Å². The average molecular weight is 322 g/mol. The molecule has 6 heteroatoms. The van der Waals surface area contributed by atoms with Crippen LogP contribution in [0.5, 0.6) is 0 Å². The first kappa shape index (κ1) is 15.5. The molecule has 3 rings (SSSR count). The number of thiophene rings is 1. The summed E-state index contributed by atoms with van der Waals surface area (Å²) in [6, 6.07) is 2.30. The van der Waals surface area contributed by atoms with Crippen LogP contribution < -0.4 is 0 Å². The summed E-state index contributed by atoms with van der Waals surface area (Å²) in [5.41, 5.74) is 1.23. The van der Waals surface area contributed by atoms with Crippen molar-refractivity contribution in [3.05, 3.63) is 22.4 Å². The van der Waals surface area contributed by atoms with Gasteiger partial charge in [-0.15, -0.1) is 0 Å². The topological polar surface area (TPSA) is 49.9 Å². The van der Waals surface area contributed by atoms with Gasteiger partial charge in [0, 0.05) is 33.2 Å². The zero-order chi connectivity index (χ0) is 15.5. The average Bonchev–Trinajstić information content (AvgIpc) is 3.24. The highest BCUT2D eigenvalue weighted by molar-refractivity contribution is 7.07. The Balaban J connectivity index is 1.65. The Hall–Kier alpha value is -1.40. The highest BCUT2D eigenvalue weighted by atomic mass is 32.1. The molecule has 2 aliphatic rings. The molecule has 0 saturated carbocycles. The fraction of sp³-hybridized carbons (Fsp3) is 0.625. The fourth-order valence-corrected chi connectivity index (χ4v) is 4.14. The van der Waals surface area contributed by atoms with Gasteiger partial charge in [-0.05, 0) is 35.2 Å². The monoisotopic (exact) mass is 322 g/mol. The molecule has 120 valence electrons. The molecule has 0 aromatic carbocycles. The fourth-order valence-electron chi connectivity index (χ4n) is 3.43. The van der Waals surface area contributed by atoms with Gasteiger partial charge in [-0.3, -0.25) is 9.59 Å². The maximum Gasteiger partial charge on any atom is 0.228 e. The quantitative estimate of drug-likeness (QED) is 0.832. The number of nitrogens with zero attached hydrogens (tertiary/aromatic N) is 2. The van der Waals surface area contributed by atoms with Crippen molar-refractivity contribution in [2.45, 2.75) is 25.3 Å². The Kier molecular flexibility index (Phi) is 4.78. The lowest BCUT2D eigenvalue weighted by atomic mass is 10.0. The minimum atomic E-state index is -0.191. The van der Waals surface area contributed by atoms with Gasteiger partial charge in [0.05, 0.1) is 18.6 Å². The second-order valence-corrected chi connectivity index (χ2v) is 6.76. The smallest absolute Gasteiger partial charge is 0.228 e. The van der Waals surface area contributed by atoms with Crippen molar-refractivity contribution < 1.29 is 14.3 Å². The van der Waals surface area contributed by atoms with Gasteiger partial charge in [0.15, 0.2) is 0 Å². The van der Waals surface area contributed by atoms with Gasteiger partial charge in [-0.2, -0.15) is 11.3 Å². The maximum atomic E-state index is 12.8. The molecule has 0 N–H and O–H groups in total. The van der Waals surface area contributed by atoms with E-state index in [1.54, 1.807) is 23.3 Å². The lowest BCUT2D eigenvalue weighted by molar-refractivity contribution is -0.136. The second kappa shape index (κ2) is 6.79. The predicted molar refractivity (Wildman–Crippen MR) is 84.6 cm³/mol. The molecule has 0 spiro atoms. The molecular weight excluding hydrogens is 300 g/mol. The zero-order valence-corrected chi connectivity index (χ0v) is 13.7. The second-order valence-electron chi connectivity index (χ2n) is 5.98. The standard InChI is InChI=1S/C16H22N2O3S/c1-21-7-6-17-10-13(9-15(17)19)16(20)18-5-2-3-14(18)12-4-8-22-11-12/h4,8,11,13-14H,2-3,5-7,9-10H2,1H3/t13-,14+/m1/s1. The van der Waals surface area contributed by atoms with Crippen LogP contribution >= 0.6 is 11.3 Å². The molecule has 0 unspecified atom stereocenters. The number of hydrogen-bond donors (Lipinski definition) is 0. The molecular formula is C16H22N2O3S. The van der Waals surface area contributed by atoms with E-state index < -0.39 is 0 Å². The van der Waals surface area contributed by atoms with Gasteiger partial charge in [-0.1, -0.05) is 0 Å². The van der Waals surface area contributed by atoms with Crippen molar-refractivity contribution in [2.75, 3.05) is 33.4 Å². The number of rotatable bonds is 5. The van der Waals surface area contributed by atoms with E-state index in [9.17, 15) is 9.59 Å². The van der Waals surface area contributed by atoms with Crippen LogP contribution in [0.4, 0.5) is 0 Å². The van der Waals surface area contributed by atoms with E-state index in [2.05, 4.69) is 16.8 Å². The Morgan fingerprint density at radius 1 is 1.50 bits per heavy atom. The van der Waals surface area contributed by atoms with E-state index in [1.807, 2.05) is 4.90 Å². The van der Waals surface area contributed by atoms with Crippen LogP contribution in [0.1, 0.15) is 30.9 Å². The largest absolute Gasteiger partial charge is 0.383 e. The van der Waals surface area contributed by atoms with Crippen LogP contribution in [0, 0.1) is 5.92 Å². The summed E-state index contributed by atoms with van der Waals surface area (Å²) in [7, 11) is 1.62. The number of amides is 2. The van der Waals surface area contributed by atoms with E-state index in [1.165, 1.54) is 5.56 Å². The Bertz CT molecular complexity index is 532. The summed E-state index contributed by atoms with van der Waals surface area (Å²) >= 11 is 1.67. The molecule has 0 radical (unpaired) electrons. The number of likely N-dealkylation sites (tertiary alicyclic amines) is 2. The van der Waals surface area contributed by atoms with Crippen LogP contribution in [0.2, 0.25) is 0 Å². The molecule has 2 atom stereocenters. The van der Waals surface area contributed by atoms with E-state index in [-0.39, 0.29) is 23.8 Å². The predicted octanol–water partition coefficient (Wildman–Crippen LogP) is 1.91. The summed E-state index contributed by atoms with van der Waals surface area (Å²) in [6.07, 6.45) is 2.41. The Morgan fingerprint density at radius 3 is 3.09 bits per heavy atom. The molecule has 22 heavy (non-hydrogen) atoms. The minimum Gasteiger partial charge on any atom is -0.383 e. The number of carbonyl (C=O) groups is 2. The molecule has 0 aliphatic carbocycles. The molecule has 2 fully saturated rings. The van der Waals surface area contributed by atoms with Crippen LogP contribution in [0.25, 0.3) is 0 Å². The van der Waals surface area contributed by atoms with Crippen molar-refractivity contribution in [1.29, 1.82) is 0 Å². The third kappa shape index (κ3) is 3.03. The first-order valence-corrected chi connectivity index (χ1v) is 8.74. The third-order valence-corrected chi connectivity index (χ3v) is 5.29. The molecule has 1 aromatic heterocycles. The van der Waals surface area contributed by atoms with Crippen molar-refractivity contribution in [3.8, 4) is 0 Å². The number of methoxy groups -OCH3 is 1. The first-order valence-electron chi connectivity index (χ1n) is 7.80. The SMILES string of the molecule is COCCN1C[C@H](C(=O)N2CCC[C@H]2c2ccsc2)CC1=O. The first-order chi connectivity index (χ1) is 10.7. The van der Waals surface area contributed by atoms with Gasteiger partial charge < -0.3 is 14.5 Å². The Morgan fingerprint density at radius 2 is 2.36 bits per heavy atom. The molecule has 2 amide bonds. The normalized spacial score (nSPS) is 25.2. The number of carbonyl (C=O) groups excluding carboxylic acids is 2. The van der Waals surface area contributed by atoms with Crippen molar-refractivity contribution in [3.63, 3.8) is 0 Å². The highest BCUT2D eigenvalue weighted by Gasteiger charge is 2.39. The van der Waals surface area contributed by atoms with E-state index >= 15 is 0 Å². The summed E-state index contributed by atoms with van der Waals surface area (Å²) in [5.74, 6) is 0.0206. The molecule has 5 nitrogen and oxygen atoms in total. The minimum absolute atomic E-state index is 0.0710. The van der Waals surface area contributed by atoms with E-state index in [4.69, 9.17) is 4.74 Å². The van der Waals surface area contributed by atoms with E-state index in [0.29, 0.717) is 26.1 Å². The third-order valence-electron chi connectivity index (χ3n) is 4.59. The van der Waals surface area contributed by atoms with Gasteiger partial charge in [0.1, 0.15) is 0 Å². The molecule has 3 heterocycles. The lowest BCUT2D eigenvalue weighted by Crippen LogP contribution is -2.37. The van der Waals surface area contributed by atoms with Gasteiger partial charge in [0.25, 0.3) is 0 Å². The van der Waals surface area contributed by atoms with Gasteiger partial charge in [-0.25, -0.2) is 0 Å². The maximum absolute atomic E-state index is 12.8. The van der Waals surface area contributed by atoms with Crippen LogP contribution in [-0.2, 0) is 14.3 Å². The molecule has 0 bridgehead atoms. The van der Waals surface area contributed by atoms with Crippen molar-refractivity contribution in [2.24, 2.45) is 5.92 Å². The van der Waals surface area contributed by atoms with Crippen molar-refractivity contribution in [1.82, 2.24) is 9.80 Å². The number of hydrogen-bond acceptors (Lipinski definition) is 4. The highest BCUT2D eigenvalue weighted by Crippen LogP contribution is 2.35. The molecule has 2 saturated heterocycles.